The quantitative estimate of drug-likeness (QED) is 0.142. The fourth-order valence-electron chi connectivity index (χ4n) is 4.36. The molecule has 3 aromatic rings. The molecule has 1 aromatic carbocycles. The van der Waals surface area contributed by atoms with E-state index in [9.17, 15) is 35.9 Å². The third-order valence-electron chi connectivity index (χ3n) is 6.62. The summed E-state index contributed by atoms with van der Waals surface area (Å²) in [6.07, 6.45) is -9.64. The monoisotopic (exact) mass is 683 g/mol. The number of amides is 2. The summed E-state index contributed by atoms with van der Waals surface area (Å²) in [5.74, 6) is -2.46. The summed E-state index contributed by atoms with van der Waals surface area (Å²) >= 11 is 0. The predicted octanol–water partition coefficient (Wildman–Crippen LogP) is 7.97. The molecule has 1 N–H and O–H groups in total. The van der Waals surface area contributed by atoms with Gasteiger partial charge >= 0.3 is 18.4 Å². The average Bonchev–Trinajstić information content (AvgIpc) is 3.46. The van der Waals surface area contributed by atoms with Crippen LogP contribution in [0.2, 0.25) is 0 Å². The summed E-state index contributed by atoms with van der Waals surface area (Å²) in [5, 5.41) is 9.41. The highest BCUT2D eigenvalue weighted by Gasteiger charge is 2.61. The first-order chi connectivity index (χ1) is 22.3. The molecule has 0 bridgehead atoms. The van der Waals surface area contributed by atoms with Gasteiger partial charge in [0.05, 0.1) is 30.1 Å². The Morgan fingerprint density at radius 1 is 1.02 bits per heavy atom. The number of ether oxygens (including phenoxy) is 2. The van der Waals surface area contributed by atoms with E-state index in [1.54, 1.807) is 18.2 Å². The second kappa shape index (κ2) is 15.0. The molecule has 2 heterocycles. The molecular formula is C32H35F6N5O5. The number of alkyl halides is 6. The third kappa shape index (κ3) is 9.42. The van der Waals surface area contributed by atoms with Gasteiger partial charge in [0.15, 0.2) is 5.69 Å². The number of pyridine rings is 1. The minimum atomic E-state index is -5.15. The first-order valence-corrected chi connectivity index (χ1v) is 14.5. The Kier molecular flexibility index (Phi) is 11.8. The van der Waals surface area contributed by atoms with Crippen molar-refractivity contribution in [3.05, 3.63) is 84.4 Å². The summed E-state index contributed by atoms with van der Waals surface area (Å²) < 4.78 is 104. The molecule has 0 aliphatic carbocycles. The highest BCUT2D eigenvalue weighted by molar-refractivity contribution is 5.89. The van der Waals surface area contributed by atoms with Crippen LogP contribution in [0.15, 0.2) is 66.1 Å². The number of rotatable bonds is 13. The van der Waals surface area contributed by atoms with Gasteiger partial charge in [0, 0.05) is 19.9 Å². The zero-order valence-corrected chi connectivity index (χ0v) is 26.7. The summed E-state index contributed by atoms with van der Waals surface area (Å²) in [5.41, 5.74) is -7.25. The van der Waals surface area contributed by atoms with Gasteiger partial charge in [0.1, 0.15) is 5.60 Å². The van der Waals surface area contributed by atoms with Crippen LogP contribution in [0.3, 0.4) is 0 Å². The number of hydrogen-bond donors (Lipinski definition) is 1. The van der Waals surface area contributed by atoms with E-state index in [-0.39, 0.29) is 13.0 Å². The molecule has 0 saturated heterocycles. The number of anilines is 1. The smallest absolute Gasteiger partial charge is 0.426 e. The van der Waals surface area contributed by atoms with Crippen molar-refractivity contribution in [3.8, 4) is 11.6 Å². The van der Waals surface area contributed by atoms with Crippen molar-refractivity contribution in [2.75, 3.05) is 11.9 Å². The van der Waals surface area contributed by atoms with Gasteiger partial charge in [0.25, 0.3) is 11.8 Å². The molecule has 0 saturated carbocycles. The Morgan fingerprint density at radius 2 is 1.69 bits per heavy atom. The van der Waals surface area contributed by atoms with Gasteiger partial charge in [-0.05, 0) is 38.8 Å². The lowest BCUT2D eigenvalue weighted by molar-refractivity contribution is -0.295. The van der Waals surface area contributed by atoms with Crippen LogP contribution in [0.1, 0.15) is 63.2 Å². The molecule has 0 fully saturated rings. The van der Waals surface area contributed by atoms with Gasteiger partial charge < -0.3 is 18.8 Å². The Labute approximate surface area is 272 Å². The number of aromatic nitrogens is 3. The van der Waals surface area contributed by atoms with E-state index in [4.69, 9.17) is 13.9 Å². The maximum absolute atomic E-state index is 14.8. The Balaban J connectivity index is 2.25. The predicted molar refractivity (Wildman–Crippen MR) is 162 cm³/mol. The van der Waals surface area contributed by atoms with Crippen molar-refractivity contribution in [1.82, 2.24) is 20.1 Å². The number of halogens is 6. The van der Waals surface area contributed by atoms with Crippen molar-refractivity contribution in [3.63, 3.8) is 0 Å². The molecule has 1 atom stereocenters. The standard InChI is InChI=1S/C32H35F6N5O5/c1-7-9-16-43(20(3)44)18-24-22(31(33,34)35)17-23(40-28(45)48-29(4,5)6)25(39-24)26-41-42-27(47-26)30(15-8-2,32(36,37)38)46-19-21-13-11-10-12-14-21/h7-8,10-14,17H,1-2,9,15-16,18-19H2,3-6H3,(H,40,45). The van der Waals surface area contributed by atoms with Gasteiger partial charge in [-0.1, -0.05) is 42.5 Å². The van der Waals surface area contributed by atoms with E-state index in [0.29, 0.717) is 11.6 Å². The number of nitrogens with one attached hydrogen (secondary N) is 1. The molecule has 2 amide bonds. The minimum Gasteiger partial charge on any atom is -0.444 e. The van der Waals surface area contributed by atoms with Crippen molar-refractivity contribution < 1.29 is 49.8 Å². The zero-order valence-electron chi connectivity index (χ0n) is 26.7. The van der Waals surface area contributed by atoms with Gasteiger partial charge in [-0.3, -0.25) is 10.1 Å². The molecule has 3 rings (SSSR count). The number of nitrogens with zero attached hydrogens (tertiary/aromatic N) is 4. The van der Waals surface area contributed by atoms with Gasteiger partial charge in [-0.15, -0.1) is 23.4 Å². The SMILES string of the molecule is C=CCCN(Cc1nc(-c2nnc(C(CC=C)(OCc3ccccc3)C(F)(F)F)o2)c(NC(=O)OC(C)(C)C)cc1C(F)(F)F)C(C)=O. The van der Waals surface area contributed by atoms with Crippen LogP contribution in [0.4, 0.5) is 36.8 Å². The third-order valence-corrected chi connectivity index (χ3v) is 6.62. The number of carbonyl (C=O) groups is 2. The molecule has 260 valence electrons. The first-order valence-electron chi connectivity index (χ1n) is 14.5. The second-order valence-electron chi connectivity index (χ2n) is 11.5. The van der Waals surface area contributed by atoms with Gasteiger partial charge in [0.2, 0.25) is 11.5 Å². The molecule has 2 aromatic heterocycles. The van der Waals surface area contributed by atoms with E-state index >= 15 is 0 Å². The summed E-state index contributed by atoms with van der Waals surface area (Å²) in [6, 6.07) is 8.45. The van der Waals surface area contributed by atoms with E-state index < -0.39 is 89.5 Å². The molecule has 0 aliphatic rings. The first kappa shape index (κ1) is 37.7. The lowest BCUT2D eigenvalue weighted by atomic mass is 9.98. The highest BCUT2D eigenvalue weighted by atomic mass is 19.4. The fraction of sp³-hybridized carbons (Fsp3) is 0.406. The second-order valence-corrected chi connectivity index (χ2v) is 11.5. The molecule has 10 nitrogen and oxygen atoms in total. The largest absolute Gasteiger partial charge is 0.444 e. The lowest BCUT2D eigenvalue weighted by Crippen LogP contribution is -2.45. The maximum Gasteiger partial charge on any atom is 0.426 e. The fourth-order valence-corrected chi connectivity index (χ4v) is 4.36. The van der Waals surface area contributed by atoms with Crippen LogP contribution in [-0.2, 0) is 39.2 Å². The molecule has 0 aliphatic heterocycles. The van der Waals surface area contributed by atoms with Crippen LogP contribution >= 0.6 is 0 Å². The zero-order chi connectivity index (χ0) is 35.9. The minimum absolute atomic E-state index is 0.00975. The lowest BCUT2D eigenvalue weighted by Gasteiger charge is -2.31. The molecule has 48 heavy (non-hydrogen) atoms. The van der Waals surface area contributed by atoms with Crippen LogP contribution in [-0.4, -0.2) is 50.4 Å². The van der Waals surface area contributed by atoms with Gasteiger partial charge in [-0.25, -0.2) is 9.78 Å². The average molecular weight is 684 g/mol. The van der Waals surface area contributed by atoms with Crippen LogP contribution in [0.25, 0.3) is 11.6 Å². The van der Waals surface area contributed by atoms with Crippen LogP contribution in [0.5, 0.6) is 0 Å². The highest BCUT2D eigenvalue weighted by Crippen LogP contribution is 2.46. The molecular weight excluding hydrogens is 648 g/mol. The van der Waals surface area contributed by atoms with Crippen molar-refractivity contribution in [1.29, 1.82) is 0 Å². The number of carbonyl (C=O) groups excluding carboxylic acids is 2. The Morgan fingerprint density at radius 3 is 2.23 bits per heavy atom. The molecule has 0 radical (unpaired) electrons. The van der Waals surface area contributed by atoms with Crippen molar-refractivity contribution in [2.24, 2.45) is 0 Å². The summed E-state index contributed by atoms with van der Waals surface area (Å²) in [6.45, 7) is 11.4. The maximum atomic E-state index is 14.8. The number of hydrogen-bond acceptors (Lipinski definition) is 8. The summed E-state index contributed by atoms with van der Waals surface area (Å²) in [7, 11) is 0. The molecule has 1 unspecified atom stereocenters. The Bertz CT molecular complexity index is 1600. The molecule has 0 spiro atoms. The van der Waals surface area contributed by atoms with E-state index in [0.717, 1.165) is 17.9 Å². The normalized spacial score (nSPS) is 13.4. The van der Waals surface area contributed by atoms with Crippen molar-refractivity contribution in [2.45, 2.75) is 77.2 Å². The van der Waals surface area contributed by atoms with E-state index in [2.05, 4.69) is 33.7 Å². The van der Waals surface area contributed by atoms with Crippen molar-refractivity contribution >= 4 is 17.7 Å². The van der Waals surface area contributed by atoms with Crippen LogP contribution < -0.4 is 5.32 Å². The van der Waals surface area contributed by atoms with E-state index in [1.807, 2.05) is 0 Å². The van der Waals surface area contributed by atoms with E-state index in [1.165, 1.54) is 39.0 Å². The summed E-state index contributed by atoms with van der Waals surface area (Å²) in [4.78, 5) is 30.1. The van der Waals surface area contributed by atoms with Crippen LogP contribution in [0, 0.1) is 0 Å². The molecule has 16 heteroatoms. The Hall–Kier alpha value is -4.73. The number of benzene rings is 1. The topological polar surface area (TPSA) is 120 Å². The van der Waals surface area contributed by atoms with Gasteiger partial charge in [-0.2, -0.15) is 26.3 Å².